The number of hydrogen-bond acceptors (Lipinski definition) is 7. The number of thioether (sulfide) groups is 1. The minimum Gasteiger partial charge on any atom is -0.480 e. The van der Waals surface area contributed by atoms with Crippen LogP contribution in [-0.2, 0) is 25.6 Å². The van der Waals surface area contributed by atoms with Crippen LogP contribution >= 0.6 is 11.8 Å². The first-order chi connectivity index (χ1) is 16.1. The highest BCUT2D eigenvalue weighted by molar-refractivity contribution is 7.98. The lowest BCUT2D eigenvalue weighted by atomic mass is 10.0. The number of carboxylic acid groups (broad SMARTS) is 1. The molecule has 11 nitrogen and oxygen atoms in total. The summed E-state index contributed by atoms with van der Waals surface area (Å²) >= 11 is 1.53. The molecule has 34 heavy (non-hydrogen) atoms. The van der Waals surface area contributed by atoms with Gasteiger partial charge in [0.25, 0.3) is 0 Å². The number of hydrogen-bond donors (Lipinski definition) is 5. The lowest BCUT2D eigenvalue weighted by molar-refractivity contribution is -0.149. The first kappa shape index (κ1) is 27.6. The van der Waals surface area contributed by atoms with Crippen molar-refractivity contribution in [1.82, 2.24) is 25.5 Å². The van der Waals surface area contributed by atoms with Crippen molar-refractivity contribution in [2.24, 2.45) is 11.7 Å². The Morgan fingerprint density at radius 2 is 1.97 bits per heavy atom. The van der Waals surface area contributed by atoms with Gasteiger partial charge in [-0.1, -0.05) is 13.8 Å². The summed E-state index contributed by atoms with van der Waals surface area (Å²) in [6, 6.07) is -3.51. The van der Waals surface area contributed by atoms with Crippen LogP contribution in [0.3, 0.4) is 0 Å². The fraction of sp³-hybridized carbons (Fsp3) is 0.682. The molecule has 1 fully saturated rings. The van der Waals surface area contributed by atoms with E-state index in [0.29, 0.717) is 43.7 Å². The van der Waals surface area contributed by atoms with Gasteiger partial charge in [-0.2, -0.15) is 11.8 Å². The SMILES string of the molecule is CSCCC(NC(=O)C(CC(C)C)NC(=O)C(N)Cc1cnc[nH]1)C(=O)N1CCCC1C(=O)O. The van der Waals surface area contributed by atoms with Gasteiger partial charge in [0.1, 0.15) is 18.1 Å². The van der Waals surface area contributed by atoms with E-state index in [1.807, 2.05) is 20.1 Å². The summed E-state index contributed by atoms with van der Waals surface area (Å²) in [5.41, 5.74) is 6.72. The van der Waals surface area contributed by atoms with Gasteiger partial charge >= 0.3 is 5.97 Å². The standard InChI is InChI=1S/C22H36N6O5S/c1-13(2)9-17(27-19(29)15(23)10-14-11-24-12-25-14)20(30)26-16(6-8-34-3)21(31)28-7-4-5-18(28)22(32)33/h11-13,15-18H,4-10,23H2,1-3H3,(H,24,25)(H,26,30)(H,27,29)(H,32,33). The maximum absolute atomic E-state index is 13.2. The van der Waals surface area contributed by atoms with Crippen molar-refractivity contribution in [3.63, 3.8) is 0 Å². The molecule has 0 radical (unpaired) electrons. The molecule has 1 saturated heterocycles. The van der Waals surface area contributed by atoms with Crippen LogP contribution in [0.5, 0.6) is 0 Å². The smallest absolute Gasteiger partial charge is 0.326 e. The molecular formula is C22H36N6O5S. The van der Waals surface area contributed by atoms with E-state index in [0.717, 1.165) is 0 Å². The molecule has 190 valence electrons. The monoisotopic (exact) mass is 496 g/mol. The zero-order chi connectivity index (χ0) is 25.3. The van der Waals surface area contributed by atoms with Gasteiger partial charge in [-0.25, -0.2) is 9.78 Å². The Hall–Kier alpha value is -2.60. The van der Waals surface area contributed by atoms with Crippen LogP contribution in [0.4, 0.5) is 0 Å². The normalized spacial score (nSPS) is 18.4. The van der Waals surface area contributed by atoms with Crippen LogP contribution in [0.1, 0.15) is 45.2 Å². The molecule has 0 spiro atoms. The molecule has 0 aromatic carbocycles. The van der Waals surface area contributed by atoms with Gasteiger partial charge in [0.15, 0.2) is 0 Å². The average molecular weight is 497 g/mol. The van der Waals surface area contributed by atoms with Crippen molar-refractivity contribution < 1.29 is 24.3 Å². The maximum atomic E-state index is 13.2. The van der Waals surface area contributed by atoms with Gasteiger partial charge < -0.3 is 31.4 Å². The number of aromatic amines is 1. The summed E-state index contributed by atoms with van der Waals surface area (Å²) in [6.45, 7) is 4.19. The van der Waals surface area contributed by atoms with Crippen LogP contribution in [0.15, 0.2) is 12.5 Å². The molecule has 4 atom stereocenters. The fourth-order valence-corrected chi connectivity index (χ4v) is 4.43. The molecular weight excluding hydrogens is 460 g/mol. The number of amides is 3. The fourth-order valence-electron chi connectivity index (χ4n) is 3.96. The Balaban J connectivity index is 2.10. The van der Waals surface area contributed by atoms with E-state index in [1.165, 1.54) is 23.0 Å². The van der Waals surface area contributed by atoms with E-state index in [9.17, 15) is 24.3 Å². The number of likely N-dealkylation sites (tertiary alicyclic amines) is 1. The van der Waals surface area contributed by atoms with E-state index in [-0.39, 0.29) is 12.3 Å². The zero-order valence-electron chi connectivity index (χ0n) is 20.0. The number of aromatic nitrogens is 2. The van der Waals surface area contributed by atoms with Gasteiger partial charge in [-0.15, -0.1) is 0 Å². The molecule has 6 N–H and O–H groups in total. The van der Waals surface area contributed by atoms with Gasteiger partial charge in [0.2, 0.25) is 17.7 Å². The van der Waals surface area contributed by atoms with Gasteiger partial charge in [0, 0.05) is 24.9 Å². The largest absolute Gasteiger partial charge is 0.480 e. The molecule has 0 saturated carbocycles. The molecule has 2 rings (SSSR count). The maximum Gasteiger partial charge on any atom is 0.326 e. The second-order valence-corrected chi connectivity index (χ2v) is 9.93. The van der Waals surface area contributed by atoms with E-state index >= 15 is 0 Å². The molecule has 0 bridgehead atoms. The van der Waals surface area contributed by atoms with Crippen LogP contribution in [-0.4, -0.2) is 86.4 Å². The Kier molecular flexibility index (Phi) is 10.8. The summed E-state index contributed by atoms with van der Waals surface area (Å²) in [4.78, 5) is 58.7. The summed E-state index contributed by atoms with van der Waals surface area (Å²) in [7, 11) is 0. The summed E-state index contributed by atoms with van der Waals surface area (Å²) in [6.07, 6.45) is 6.92. The first-order valence-electron chi connectivity index (χ1n) is 11.5. The Bertz CT molecular complexity index is 834. The molecule has 4 unspecified atom stereocenters. The van der Waals surface area contributed by atoms with E-state index < -0.39 is 47.9 Å². The van der Waals surface area contributed by atoms with Crippen molar-refractivity contribution in [3.8, 4) is 0 Å². The highest BCUT2D eigenvalue weighted by Crippen LogP contribution is 2.20. The second kappa shape index (κ2) is 13.3. The van der Waals surface area contributed by atoms with E-state index in [1.54, 1.807) is 6.20 Å². The minimum absolute atomic E-state index is 0.0928. The number of nitrogens with zero attached hydrogens (tertiary/aromatic N) is 2. The van der Waals surface area contributed by atoms with Crippen molar-refractivity contribution in [3.05, 3.63) is 18.2 Å². The van der Waals surface area contributed by atoms with Crippen molar-refractivity contribution >= 4 is 35.5 Å². The van der Waals surface area contributed by atoms with E-state index in [2.05, 4.69) is 20.6 Å². The lowest BCUT2D eigenvalue weighted by Crippen LogP contribution is -2.57. The highest BCUT2D eigenvalue weighted by atomic mass is 32.2. The zero-order valence-corrected chi connectivity index (χ0v) is 20.8. The second-order valence-electron chi connectivity index (χ2n) is 8.95. The van der Waals surface area contributed by atoms with Crippen molar-refractivity contribution in [2.75, 3.05) is 18.6 Å². The molecule has 1 aromatic rings. The molecule has 0 aliphatic carbocycles. The predicted molar refractivity (Wildman–Crippen MR) is 129 cm³/mol. The third kappa shape index (κ3) is 8.01. The number of carboxylic acids is 1. The van der Waals surface area contributed by atoms with Gasteiger partial charge in [-0.05, 0) is 43.6 Å². The summed E-state index contributed by atoms with van der Waals surface area (Å²) in [5, 5.41) is 14.9. The average Bonchev–Trinajstić information content (AvgIpc) is 3.47. The molecule has 1 aliphatic heterocycles. The number of nitrogens with one attached hydrogen (secondary N) is 3. The molecule has 3 amide bonds. The van der Waals surface area contributed by atoms with Crippen molar-refractivity contribution in [2.45, 2.75) is 70.1 Å². The molecule has 1 aliphatic rings. The number of aliphatic carboxylic acids is 1. The van der Waals surface area contributed by atoms with Gasteiger partial charge in [0.05, 0.1) is 12.4 Å². The number of carbonyl (C=O) groups is 4. The number of H-pyrrole nitrogens is 1. The summed E-state index contributed by atoms with van der Waals surface area (Å²) < 4.78 is 0. The molecule has 12 heteroatoms. The molecule has 1 aromatic heterocycles. The number of imidazole rings is 1. The minimum atomic E-state index is -1.04. The Morgan fingerprint density at radius 1 is 1.26 bits per heavy atom. The first-order valence-corrected chi connectivity index (χ1v) is 12.9. The van der Waals surface area contributed by atoms with Crippen LogP contribution in [0, 0.1) is 5.92 Å². The Labute approximate surface area is 204 Å². The number of rotatable bonds is 13. The third-order valence-electron chi connectivity index (χ3n) is 5.72. The quantitative estimate of drug-likeness (QED) is 0.256. The van der Waals surface area contributed by atoms with Crippen molar-refractivity contribution in [1.29, 1.82) is 0 Å². The summed E-state index contributed by atoms with van der Waals surface area (Å²) in [5.74, 6) is -1.71. The van der Waals surface area contributed by atoms with Gasteiger partial charge in [-0.3, -0.25) is 14.4 Å². The van der Waals surface area contributed by atoms with Crippen LogP contribution < -0.4 is 16.4 Å². The predicted octanol–water partition coefficient (Wildman–Crippen LogP) is 0.124. The number of nitrogens with two attached hydrogens (primary N) is 1. The lowest BCUT2D eigenvalue weighted by Gasteiger charge is -2.29. The van der Waals surface area contributed by atoms with Crippen LogP contribution in [0.2, 0.25) is 0 Å². The number of carbonyl (C=O) groups excluding carboxylic acids is 3. The topological polar surface area (TPSA) is 171 Å². The van der Waals surface area contributed by atoms with E-state index in [4.69, 9.17) is 5.73 Å². The molecule has 2 heterocycles. The Morgan fingerprint density at radius 3 is 2.56 bits per heavy atom. The highest BCUT2D eigenvalue weighted by Gasteiger charge is 2.38. The van der Waals surface area contributed by atoms with Crippen LogP contribution in [0.25, 0.3) is 0 Å². The third-order valence-corrected chi connectivity index (χ3v) is 6.36.